The van der Waals surface area contributed by atoms with Gasteiger partial charge in [-0.25, -0.2) is 13.8 Å². The molecule has 8 heteroatoms. The third-order valence-corrected chi connectivity index (χ3v) is 4.89. The molecule has 6 nitrogen and oxygen atoms in total. The number of aromatic amines is 1. The van der Waals surface area contributed by atoms with Gasteiger partial charge in [0, 0.05) is 49.6 Å². The molecule has 0 aliphatic carbocycles. The Morgan fingerprint density at radius 1 is 1.17 bits per heavy atom. The molecule has 3 N–H and O–H groups in total. The number of guanidine groups is 1. The Kier molecular flexibility index (Phi) is 5.74. The molecule has 4 rings (SSSR count). The Balaban J connectivity index is 1.32. The van der Waals surface area contributed by atoms with Crippen LogP contribution in [0.25, 0.3) is 16.6 Å². The fourth-order valence-electron chi connectivity index (χ4n) is 3.35. The lowest BCUT2D eigenvalue weighted by atomic mass is 10.1. The molecule has 0 aliphatic heterocycles. The van der Waals surface area contributed by atoms with Gasteiger partial charge in [-0.1, -0.05) is 6.07 Å². The van der Waals surface area contributed by atoms with Gasteiger partial charge in [0.15, 0.2) is 5.96 Å². The predicted molar refractivity (Wildman–Crippen MR) is 114 cm³/mol. The first-order chi connectivity index (χ1) is 14.6. The number of nitrogens with one attached hydrogen (secondary N) is 3. The van der Waals surface area contributed by atoms with Crippen molar-refractivity contribution in [2.45, 2.75) is 13.0 Å². The Morgan fingerprint density at radius 2 is 2.07 bits per heavy atom. The second-order valence-electron chi connectivity index (χ2n) is 6.86. The number of halogens is 2. The Hall–Kier alpha value is -3.68. The second kappa shape index (κ2) is 8.77. The van der Waals surface area contributed by atoms with Crippen LogP contribution in [0.3, 0.4) is 0 Å². The minimum atomic E-state index is -0.318. The Bertz CT molecular complexity index is 1160. The SMILES string of the molecule is CN=C(NCCc1c[nH]c2ccc(F)cc12)NCc1ccc(-n2ccnc2)c(F)c1. The molecule has 0 saturated heterocycles. The van der Waals surface area contributed by atoms with Crippen molar-refractivity contribution in [3.8, 4) is 5.69 Å². The highest BCUT2D eigenvalue weighted by Crippen LogP contribution is 2.19. The van der Waals surface area contributed by atoms with E-state index in [4.69, 9.17) is 0 Å². The van der Waals surface area contributed by atoms with Crippen LogP contribution < -0.4 is 10.6 Å². The first-order valence-electron chi connectivity index (χ1n) is 9.61. The summed E-state index contributed by atoms with van der Waals surface area (Å²) in [7, 11) is 1.68. The van der Waals surface area contributed by atoms with Crippen molar-refractivity contribution in [3.63, 3.8) is 0 Å². The number of H-pyrrole nitrogens is 1. The van der Waals surface area contributed by atoms with Crippen LogP contribution >= 0.6 is 0 Å². The van der Waals surface area contributed by atoms with Gasteiger partial charge in [-0.05, 0) is 47.9 Å². The van der Waals surface area contributed by atoms with Crippen LogP contribution in [0.4, 0.5) is 8.78 Å². The van der Waals surface area contributed by atoms with Gasteiger partial charge in [0.1, 0.15) is 11.6 Å². The van der Waals surface area contributed by atoms with Crippen molar-refractivity contribution in [3.05, 3.63) is 84.1 Å². The minimum Gasteiger partial charge on any atom is -0.361 e. The summed E-state index contributed by atoms with van der Waals surface area (Å²) in [6.45, 7) is 1.05. The average molecular weight is 408 g/mol. The smallest absolute Gasteiger partial charge is 0.191 e. The summed E-state index contributed by atoms with van der Waals surface area (Å²) in [5.41, 5.74) is 3.19. The lowest BCUT2D eigenvalue weighted by molar-refractivity contribution is 0.615. The number of rotatable bonds is 6. The number of hydrogen-bond donors (Lipinski definition) is 3. The summed E-state index contributed by atoms with van der Waals surface area (Å²) in [4.78, 5) is 11.3. The average Bonchev–Trinajstić information content (AvgIpc) is 3.41. The minimum absolute atomic E-state index is 0.250. The lowest BCUT2D eigenvalue weighted by Gasteiger charge is -2.12. The number of hydrogen-bond acceptors (Lipinski definition) is 2. The maximum atomic E-state index is 14.4. The van der Waals surface area contributed by atoms with Crippen LogP contribution in [-0.4, -0.2) is 34.1 Å². The standard InChI is InChI=1S/C22H22F2N6/c1-25-22(27-7-6-16-13-28-20-4-3-17(23)11-18(16)20)29-12-15-2-5-21(19(24)10-15)30-9-8-26-14-30/h2-5,8-11,13-14,28H,6-7,12H2,1H3,(H2,25,27,29). The number of aromatic nitrogens is 3. The predicted octanol–water partition coefficient (Wildman–Crippen LogP) is 3.54. The fraction of sp³-hybridized carbons (Fsp3) is 0.182. The van der Waals surface area contributed by atoms with Crippen molar-refractivity contribution in [2.24, 2.45) is 4.99 Å². The van der Waals surface area contributed by atoms with Gasteiger partial charge in [0.25, 0.3) is 0 Å². The largest absolute Gasteiger partial charge is 0.361 e. The monoisotopic (exact) mass is 408 g/mol. The molecule has 0 fully saturated rings. The Morgan fingerprint density at radius 3 is 2.83 bits per heavy atom. The second-order valence-corrected chi connectivity index (χ2v) is 6.86. The zero-order valence-corrected chi connectivity index (χ0v) is 16.5. The normalized spacial score (nSPS) is 11.8. The maximum Gasteiger partial charge on any atom is 0.191 e. The van der Waals surface area contributed by atoms with Crippen molar-refractivity contribution in [1.82, 2.24) is 25.2 Å². The van der Waals surface area contributed by atoms with E-state index in [-0.39, 0.29) is 11.6 Å². The summed E-state index contributed by atoms with van der Waals surface area (Å²) in [6, 6.07) is 9.79. The first-order valence-corrected chi connectivity index (χ1v) is 9.61. The third-order valence-electron chi connectivity index (χ3n) is 4.89. The number of fused-ring (bicyclic) bond motifs is 1. The van der Waals surface area contributed by atoms with Crippen LogP contribution in [0, 0.1) is 11.6 Å². The van der Waals surface area contributed by atoms with E-state index >= 15 is 0 Å². The lowest BCUT2D eigenvalue weighted by Crippen LogP contribution is -2.37. The van der Waals surface area contributed by atoms with Gasteiger partial charge in [-0.15, -0.1) is 0 Å². The number of benzene rings is 2. The van der Waals surface area contributed by atoms with Crippen LogP contribution in [0.15, 0.2) is 66.3 Å². The Labute approximate surface area is 172 Å². The molecule has 0 aliphatic rings. The molecule has 2 aromatic carbocycles. The number of aliphatic imine (C=N–C) groups is 1. The van der Waals surface area contributed by atoms with Gasteiger partial charge >= 0.3 is 0 Å². The molecule has 0 bridgehead atoms. The van der Waals surface area contributed by atoms with Crippen LogP contribution in [0.5, 0.6) is 0 Å². The molecule has 4 aromatic rings. The first kappa shape index (κ1) is 19.6. The van der Waals surface area contributed by atoms with Crippen LogP contribution in [-0.2, 0) is 13.0 Å². The van der Waals surface area contributed by atoms with E-state index in [1.54, 1.807) is 42.5 Å². The van der Waals surface area contributed by atoms with E-state index in [0.29, 0.717) is 31.2 Å². The van der Waals surface area contributed by atoms with Crippen molar-refractivity contribution in [2.75, 3.05) is 13.6 Å². The fourth-order valence-corrected chi connectivity index (χ4v) is 3.35. The molecule has 154 valence electrons. The third kappa shape index (κ3) is 4.32. The summed E-state index contributed by atoms with van der Waals surface area (Å²) in [5.74, 6) is 0.0435. The van der Waals surface area contributed by atoms with Gasteiger partial charge in [0.05, 0.1) is 12.0 Å². The molecular formula is C22H22F2N6. The highest BCUT2D eigenvalue weighted by Gasteiger charge is 2.07. The topological polar surface area (TPSA) is 70.0 Å². The van der Waals surface area contributed by atoms with E-state index < -0.39 is 0 Å². The van der Waals surface area contributed by atoms with Crippen molar-refractivity contribution < 1.29 is 8.78 Å². The van der Waals surface area contributed by atoms with Crippen molar-refractivity contribution in [1.29, 1.82) is 0 Å². The molecule has 0 atom stereocenters. The molecule has 0 spiro atoms. The van der Waals surface area contributed by atoms with E-state index in [9.17, 15) is 8.78 Å². The summed E-state index contributed by atoms with van der Waals surface area (Å²) in [5, 5.41) is 7.29. The molecule has 0 radical (unpaired) electrons. The maximum absolute atomic E-state index is 14.4. The van der Waals surface area contributed by atoms with Gasteiger partial charge in [-0.2, -0.15) is 0 Å². The molecule has 0 amide bonds. The van der Waals surface area contributed by atoms with Crippen LogP contribution in [0.1, 0.15) is 11.1 Å². The van der Waals surface area contributed by atoms with Crippen molar-refractivity contribution >= 4 is 16.9 Å². The van der Waals surface area contributed by atoms with Gasteiger partial charge in [0.2, 0.25) is 0 Å². The molecule has 0 unspecified atom stereocenters. The number of imidazole rings is 1. The molecule has 2 heterocycles. The molecule has 0 saturated carbocycles. The molecule has 30 heavy (non-hydrogen) atoms. The number of nitrogens with zero attached hydrogens (tertiary/aromatic N) is 3. The highest BCUT2D eigenvalue weighted by molar-refractivity contribution is 5.83. The van der Waals surface area contributed by atoms with Crippen LogP contribution in [0.2, 0.25) is 0 Å². The van der Waals surface area contributed by atoms with Gasteiger partial charge in [-0.3, -0.25) is 4.99 Å². The van der Waals surface area contributed by atoms with E-state index in [2.05, 4.69) is 25.6 Å². The zero-order chi connectivity index (χ0) is 20.9. The van der Waals surface area contributed by atoms with Gasteiger partial charge < -0.3 is 20.2 Å². The van der Waals surface area contributed by atoms with E-state index in [0.717, 1.165) is 22.0 Å². The summed E-state index contributed by atoms with van der Waals surface area (Å²) >= 11 is 0. The quantitative estimate of drug-likeness (QED) is 0.338. The van der Waals surface area contributed by atoms with E-state index in [1.165, 1.54) is 18.2 Å². The summed E-state index contributed by atoms with van der Waals surface area (Å²) in [6.07, 6.45) is 7.47. The highest BCUT2D eigenvalue weighted by atomic mass is 19.1. The zero-order valence-electron chi connectivity index (χ0n) is 16.5. The molecule has 2 aromatic heterocycles. The molecular weight excluding hydrogens is 386 g/mol. The van der Waals surface area contributed by atoms with E-state index in [1.807, 2.05) is 12.3 Å². The summed E-state index contributed by atoms with van der Waals surface area (Å²) < 4.78 is 29.5.